The van der Waals surface area contributed by atoms with Crippen LogP contribution in [0.5, 0.6) is 0 Å². The minimum atomic E-state index is 0.437. The highest BCUT2D eigenvalue weighted by Crippen LogP contribution is 2.23. The van der Waals surface area contributed by atoms with Crippen molar-refractivity contribution in [3.63, 3.8) is 0 Å². The molecule has 1 aromatic heterocycles. The Labute approximate surface area is 88.5 Å². The molecule has 13 heavy (non-hydrogen) atoms. The molecule has 0 saturated heterocycles. The van der Waals surface area contributed by atoms with Gasteiger partial charge in [-0.05, 0) is 33.6 Å². The molecule has 4 nitrogen and oxygen atoms in total. The average molecular weight is 262 g/mol. The maximum atomic E-state index is 5.90. The van der Waals surface area contributed by atoms with Crippen molar-refractivity contribution in [1.29, 1.82) is 0 Å². The van der Waals surface area contributed by atoms with E-state index in [1.807, 2.05) is 11.0 Å². The highest BCUT2D eigenvalue weighted by molar-refractivity contribution is 9.10. The molecule has 0 unspecified atom stereocenters. The number of aromatic nitrogens is 2. The van der Waals surface area contributed by atoms with Gasteiger partial charge in [0, 0.05) is 12.7 Å². The van der Waals surface area contributed by atoms with Gasteiger partial charge in [0.05, 0.1) is 6.33 Å². The van der Waals surface area contributed by atoms with Gasteiger partial charge in [-0.1, -0.05) is 0 Å². The van der Waals surface area contributed by atoms with Crippen molar-refractivity contribution < 1.29 is 0 Å². The predicted molar refractivity (Wildman–Crippen MR) is 56.1 cm³/mol. The van der Waals surface area contributed by atoms with Crippen LogP contribution in [0.15, 0.2) is 28.2 Å². The topological polar surface area (TPSA) is 44.3 Å². The van der Waals surface area contributed by atoms with Crippen molar-refractivity contribution >= 4 is 38.6 Å². The van der Waals surface area contributed by atoms with Crippen molar-refractivity contribution in [3.8, 4) is 0 Å². The molecule has 68 valence electrons. The predicted octanol–water partition coefficient (Wildman–Crippen LogP) is 2.10. The second-order valence-electron chi connectivity index (χ2n) is 2.44. The van der Waals surface area contributed by atoms with Gasteiger partial charge in [0.15, 0.2) is 0 Å². The molecule has 0 atom stereocenters. The Hall–Kier alpha value is -0.810. The van der Waals surface area contributed by atoms with E-state index in [-0.39, 0.29) is 0 Å². The number of hydrogen-bond donors (Lipinski definition) is 1. The maximum absolute atomic E-state index is 5.90. The summed E-state index contributed by atoms with van der Waals surface area (Å²) in [5.41, 5.74) is 0. The number of halogens is 2. The van der Waals surface area contributed by atoms with Crippen LogP contribution in [-0.4, -0.2) is 21.8 Å². The van der Waals surface area contributed by atoms with Gasteiger partial charge >= 0.3 is 0 Å². The molecule has 0 amide bonds. The van der Waals surface area contributed by atoms with Crippen molar-refractivity contribution in [2.45, 2.75) is 0 Å². The van der Waals surface area contributed by atoms with Crippen LogP contribution in [0.1, 0.15) is 0 Å². The van der Waals surface area contributed by atoms with Gasteiger partial charge in [-0.3, -0.25) is 4.90 Å². The van der Waals surface area contributed by atoms with Crippen LogP contribution in [0.4, 0.5) is 5.82 Å². The fraction of sp³-hybridized carbons (Fsp3) is 0.143. The molecule has 0 fully saturated rings. The summed E-state index contributed by atoms with van der Waals surface area (Å²) < 4.78 is 0.733. The zero-order valence-corrected chi connectivity index (χ0v) is 8.88. The summed E-state index contributed by atoms with van der Waals surface area (Å²) in [6.45, 7) is 0.698. The molecule has 1 aromatic rings. The number of aromatic amines is 1. The number of anilines is 1. The van der Waals surface area contributed by atoms with Crippen LogP contribution < -0.4 is 4.90 Å². The van der Waals surface area contributed by atoms with E-state index in [4.69, 9.17) is 11.6 Å². The third-order valence-electron chi connectivity index (χ3n) is 1.64. The largest absolute Gasteiger partial charge is 0.330 e. The lowest BCUT2D eigenvalue weighted by atomic mass is 10.5. The highest BCUT2D eigenvalue weighted by Gasteiger charge is 2.16. The van der Waals surface area contributed by atoms with Crippen LogP contribution >= 0.6 is 27.5 Å². The van der Waals surface area contributed by atoms with E-state index < -0.39 is 0 Å². The van der Waals surface area contributed by atoms with Crippen LogP contribution in [0, 0.1) is 0 Å². The molecule has 0 spiro atoms. The number of hydrogen-bond acceptors (Lipinski definition) is 3. The fourth-order valence-corrected chi connectivity index (χ4v) is 1.70. The summed E-state index contributed by atoms with van der Waals surface area (Å²) in [5, 5.41) is 0.437. The monoisotopic (exact) mass is 260 g/mol. The van der Waals surface area contributed by atoms with Gasteiger partial charge in [-0.2, -0.15) is 0 Å². The first kappa shape index (κ1) is 8.77. The first-order chi connectivity index (χ1) is 6.29. The van der Waals surface area contributed by atoms with Crippen LogP contribution in [0.2, 0.25) is 0 Å². The van der Waals surface area contributed by atoms with Gasteiger partial charge in [0.25, 0.3) is 0 Å². The minimum Gasteiger partial charge on any atom is -0.330 e. The SMILES string of the molecule is ClC1=NC=CCN1c1[nH]cnc1Br. The molecule has 2 heterocycles. The van der Waals surface area contributed by atoms with Gasteiger partial charge in [-0.15, -0.1) is 0 Å². The number of amidine groups is 1. The summed E-state index contributed by atoms with van der Waals surface area (Å²) >= 11 is 9.21. The first-order valence-electron chi connectivity index (χ1n) is 3.64. The third-order valence-corrected chi connectivity index (χ3v) is 2.52. The summed E-state index contributed by atoms with van der Waals surface area (Å²) in [4.78, 5) is 12.8. The number of H-pyrrole nitrogens is 1. The standard InChI is InChI=1S/C7H6BrClN4/c8-5-6(12-4-11-5)13-3-1-2-10-7(13)9/h1-2,4H,3H2,(H,11,12). The van der Waals surface area contributed by atoms with Gasteiger partial charge < -0.3 is 4.98 Å². The molecule has 0 aromatic carbocycles. The van der Waals surface area contributed by atoms with Crippen molar-refractivity contribution in [2.75, 3.05) is 11.4 Å². The van der Waals surface area contributed by atoms with E-state index in [1.165, 1.54) is 0 Å². The second kappa shape index (κ2) is 3.51. The summed E-state index contributed by atoms with van der Waals surface area (Å²) in [6, 6.07) is 0. The van der Waals surface area contributed by atoms with E-state index >= 15 is 0 Å². The van der Waals surface area contributed by atoms with Gasteiger partial charge in [-0.25, -0.2) is 9.98 Å². The van der Waals surface area contributed by atoms with E-state index in [0.29, 0.717) is 11.8 Å². The van der Waals surface area contributed by atoms with Crippen LogP contribution in [0.25, 0.3) is 0 Å². The zero-order chi connectivity index (χ0) is 9.26. The van der Waals surface area contributed by atoms with Crippen LogP contribution in [-0.2, 0) is 0 Å². The number of rotatable bonds is 1. The third kappa shape index (κ3) is 1.62. The molecule has 0 bridgehead atoms. The Kier molecular flexibility index (Phi) is 2.37. The lowest BCUT2D eigenvalue weighted by Gasteiger charge is -2.20. The van der Waals surface area contributed by atoms with Gasteiger partial charge in [0.2, 0.25) is 5.29 Å². The molecule has 1 aliphatic heterocycles. The van der Waals surface area contributed by atoms with E-state index in [9.17, 15) is 0 Å². The molecular formula is C7H6BrClN4. The van der Waals surface area contributed by atoms with Crippen molar-refractivity contribution in [1.82, 2.24) is 9.97 Å². The molecule has 2 rings (SSSR count). The molecule has 0 radical (unpaired) electrons. The maximum Gasteiger partial charge on any atom is 0.204 e. The van der Waals surface area contributed by atoms with E-state index in [2.05, 4.69) is 30.9 Å². The van der Waals surface area contributed by atoms with Crippen molar-refractivity contribution in [3.05, 3.63) is 23.2 Å². The lowest BCUT2D eigenvalue weighted by molar-refractivity contribution is 1.08. The van der Waals surface area contributed by atoms with Gasteiger partial charge in [0.1, 0.15) is 10.4 Å². The molecule has 1 N–H and O–H groups in total. The van der Waals surface area contributed by atoms with E-state index in [1.54, 1.807) is 12.5 Å². The Morgan fingerprint density at radius 3 is 3.08 bits per heavy atom. The summed E-state index contributed by atoms with van der Waals surface area (Å²) in [5.74, 6) is 0.818. The number of aliphatic imine (C=N–C) groups is 1. The summed E-state index contributed by atoms with van der Waals surface area (Å²) in [7, 11) is 0. The summed E-state index contributed by atoms with van der Waals surface area (Å²) in [6.07, 6.45) is 5.20. The normalized spacial score (nSPS) is 16.2. The number of imidazole rings is 1. The fourth-order valence-electron chi connectivity index (χ4n) is 1.06. The minimum absolute atomic E-state index is 0.437. The molecular weight excluding hydrogens is 255 g/mol. The van der Waals surface area contributed by atoms with E-state index in [0.717, 1.165) is 10.4 Å². The lowest BCUT2D eigenvalue weighted by Crippen LogP contribution is -2.29. The molecule has 0 saturated carbocycles. The highest BCUT2D eigenvalue weighted by atomic mass is 79.9. The Bertz CT molecular complexity index is 370. The van der Waals surface area contributed by atoms with Crippen LogP contribution in [0.3, 0.4) is 0 Å². The average Bonchev–Trinajstić information content (AvgIpc) is 2.52. The first-order valence-corrected chi connectivity index (χ1v) is 4.81. The molecule has 1 aliphatic rings. The zero-order valence-electron chi connectivity index (χ0n) is 6.54. The Morgan fingerprint density at radius 2 is 2.46 bits per heavy atom. The quantitative estimate of drug-likeness (QED) is 0.787. The smallest absolute Gasteiger partial charge is 0.204 e. The number of nitrogens with zero attached hydrogens (tertiary/aromatic N) is 3. The number of nitrogens with one attached hydrogen (secondary N) is 1. The van der Waals surface area contributed by atoms with Crippen molar-refractivity contribution in [2.24, 2.45) is 4.99 Å². The molecule has 6 heteroatoms. The second-order valence-corrected chi connectivity index (χ2v) is 3.52. The Balaban J connectivity index is 2.33. The molecule has 0 aliphatic carbocycles. The Morgan fingerprint density at radius 1 is 1.62 bits per heavy atom.